The Labute approximate surface area is 168 Å². The summed E-state index contributed by atoms with van der Waals surface area (Å²) in [4.78, 5) is 16.3. The Morgan fingerprint density at radius 1 is 1.00 bits per heavy atom. The standard InChI is InChI=1S/C18H24F3N3O4S/c1-14(17(25)23-8-2-3-9-23)22-10-12-24(13-11-22)29(26,27)16-6-4-15(5-7-16)28-18(19,20)21/h4-7,14H,2-3,8-13H2,1H3. The fourth-order valence-electron chi connectivity index (χ4n) is 3.65. The van der Waals surface area contributed by atoms with E-state index in [0.717, 1.165) is 50.2 Å². The van der Waals surface area contributed by atoms with Gasteiger partial charge in [0, 0.05) is 39.3 Å². The summed E-state index contributed by atoms with van der Waals surface area (Å²) in [5.74, 6) is -0.408. The van der Waals surface area contributed by atoms with Crippen molar-refractivity contribution in [3.63, 3.8) is 0 Å². The van der Waals surface area contributed by atoms with Crippen LogP contribution in [0.2, 0.25) is 0 Å². The summed E-state index contributed by atoms with van der Waals surface area (Å²) >= 11 is 0. The van der Waals surface area contributed by atoms with Crippen LogP contribution in [0.3, 0.4) is 0 Å². The molecule has 1 unspecified atom stereocenters. The summed E-state index contributed by atoms with van der Waals surface area (Å²) in [6.07, 6.45) is -2.81. The molecule has 2 aliphatic rings. The van der Waals surface area contributed by atoms with E-state index in [4.69, 9.17) is 0 Å². The molecule has 162 valence electrons. The molecule has 2 aliphatic heterocycles. The first-order valence-corrected chi connectivity index (χ1v) is 10.9. The molecule has 1 aromatic carbocycles. The second-order valence-electron chi connectivity index (χ2n) is 7.17. The molecule has 1 atom stereocenters. The molecule has 2 saturated heterocycles. The van der Waals surface area contributed by atoms with Crippen LogP contribution in [0.15, 0.2) is 29.2 Å². The van der Waals surface area contributed by atoms with Gasteiger partial charge in [0.25, 0.3) is 0 Å². The van der Waals surface area contributed by atoms with Gasteiger partial charge in [-0.25, -0.2) is 8.42 Å². The quantitative estimate of drug-likeness (QED) is 0.707. The minimum atomic E-state index is -4.83. The lowest BCUT2D eigenvalue weighted by atomic mass is 10.2. The van der Waals surface area contributed by atoms with Crippen LogP contribution in [0.25, 0.3) is 0 Å². The fourth-order valence-corrected chi connectivity index (χ4v) is 5.07. The van der Waals surface area contributed by atoms with Gasteiger partial charge in [-0.1, -0.05) is 0 Å². The molecule has 11 heteroatoms. The number of hydrogen-bond donors (Lipinski definition) is 0. The van der Waals surface area contributed by atoms with Crippen molar-refractivity contribution in [2.24, 2.45) is 0 Å². The van der Waals surface area contributed by atoms with Gasteiger partial charge < -0.3 is 9.64 Å². The molecule has 0 radical (unpaired) electrons. The molecule has 3 rings (SSSR count). The third-order valence-electron chi connectivity index (χ3n) is 5.29. The van der Waals surface area contributed by atoms with Gasteiger partial charge in [-0.05, 0) is 44.0 Å². The number of hydrogen-bond acceptors (Lipinski definition) is 5. The summed E-state index contributed by atoms with van der Waals surface area (Å²) in [6.45, 7) is 4.62. The molecule has 0 aromatic heterocycles. The van der Waals surface area contributed by atoms with Crippen molar-refractivity contribution < 1.29 is 31.1 Å². The SMILES string of the molecule is CC(C(=O)N1CCCC1)N1CCN(S(=O)(=O)c2ccc(OC(F)(F)F)cc2)CC1. The van der Waals surface area contributed by atoms with Crippen molar-refractivity contribution in [1.82, 2.24) is 14.1 Å². The lowest BCUT2D eigenvalue weighted by molar-refractivity contribution is -0.274. The Bertz CT molecular complexity index is 816. The Balaban J connectivity index is 1.60. The summed E-state index contributed by atoms with van der Waals surface area (Å²) in [5.41, 5.74) is 0. The van der Waals surface area contributed by atoms with E-state index in [1.807, 2.05) is 16.7 Å². The molecule has 2 heterocycles. The maximum absolute atomic E-state index is 12.8. The van der Waals surface area contributed by atoms with Crippen LogP contribution < -0.4 is 4.74 Å². The Hall–Kier alpha value is -1.85. The number of piperazine rings is 1. The Kier molecular flexibility index (Phi) is 6.39. The molecule has 7 nitrogen and oxygen atoms in total. The van der Waals surface area contributed by atoms with Crippen LogP contribution in [0, 0.1) is 0 Å². The van der Waals surface area contributed by atoms with Gasteiger partial charge in [-0.15, -0.1) is 13.2 Å². The van der Waals surface area contributed by atoms with Crippen molar-refractivity contribution in [2.45, 2.75) is 37.1 Å². The molecular formula is C18H24F3N3O4S. The van der Waals surface area contributed by atoms with Crippen molar-refractivity contribution in [1.29, 1.82) is 0 Å². The molecular weight excluding hydrogens is 411 g/mol. The molecule has 0 saturated carbocycles. The third kappa shape index (κ3) is 5.20. The maximum atomic E-state index is 12.8. The van der Waals surface area contributed by atoms with E-state index in [9.17, 15) is 26.4 Å². The predicted molar refractivity (Wildman–Crippen MR) is 98.7 cm³/mol. The van der Waals surface area contributed by atoms with E-state index >= 15 is 0 Å². The number of benzene rings is 1. The van der Waals surface area contributed by atoms with E-state index in [1.54, 1.807) is 0 Å². The summed E-state index contributed by atoms with van der Waals surface area (Å²) in [7, 11) is -3.83. The number of alkyl halides is 3. The van der Waals surface area contributed by atoms with Crippen molar-refractivity contribution in [2.75, 3.05) is 39.3 Å². The number of sulfonamides is 1. The van der Waals surface area contributed by atoms with Crippen LogP contribution >= 0.6 is 0 Å². The zero-order valence-corrected chi connectivity index (χ0v) is 16.9. The molecule has 0 spiro atoms. The van der Waals surface area contributed by atoms with Gasteiger partial charge >= 0.3 is 6.36 Å². The normalized spacial score (nSPS) is 20.6. The zero-order valence-electron chi connectivity index (χ0n) is 16.1. The van der Waals surface area contributed by atoms with E-state index in [1.165, 1.54) is 4.31 Å². The number of rotatable bonds is 5. The van der Waals surface area contributed by atoms with Crippen LogP contribution in [0.1, 0.15) is 19.8 Å². The van der Waals surface area contributed by atoms with Gasteiger partial charge in [0.2, 0.25) is 15.9 Å². The van der Waals surface area contributed by atoms with Gasteiger partial charge in [-0.2, -0.15) is 4.31 Å². The molecule has 0 aliphatic carbocycles. The van der Waals surface area contributed by atoms with Gasteiger partial charge in [0.1, 0.15) is 5.75 Å². The molecule has 0 N–H and O–H groups in total. The summed E-state index contributed by atoms with van der Waals surface area (Å²) in [6, 6.07) is 3.85. The number of halogens is 3. The monoisotopic (exact) mass is 435 g/mol. The van der Waals surface area contributed by atoms with Gasteiger partial charge in [0.05, 0.1) is 10.9 Å². The molecule has 0 bridgehead atoms. The lowest BCUT2D eigenvalue weighted by Crippen LogP contribution is -2.55. The predicted octanol–water partition coefficient (Wildman–Crippen LogP) is 1.90. The highest BCUT2D eigenvalue weighted by Gasteiger charge is 2.34. The second-order valence-corrected chi connectivity index (χ2v) is 9.11. The number of likely N-dealkylation sites (tertiary alicyclic amines) is 1. The van der Waals surface area contributed by atoms with Crippen molar-refractivity contribution >= 4 is 15.9 Å². The first-order valence-electron chi connectivity index (χ1n) is 9.47. The maximum Gasteiger partial charge on any atom is 0.573 e. The highest BCUT2D eigenvalue weighted by Crippen LogP contribution is 2.25. The molecule has 1 aromatic rings. The molecule has 2 fully saturated rings. The van der Waals surface area contributed by atoms with Gasteiger partial charge in [-0.3, -0.25) is 9.69 Å². The third-order valence-corrected chi connectivity index (χ3v) is 7.20. The van der Waals surface area contributed by atoms with E-state index in [0.29, 0.717) is 13.1 Å². The summed E-state index contributed by atoms with van der Waals surface area (Å²) < 4.78 is 67.3. The Morgan fingerprint density at radius 3 is 2.07 bits per heavy atom. The van der Waals surface area contributed by atoms with Crippen LogP contribution in [0.4, 0.5) is 13.2 Å². The first-order chi connectivity index (χ1) is 13.6. The molecule has 1 amide bonds. The average Bonchev–Trinajstić information content (AvgIpc) is 3.21. The number of carbonyl (C=O) groups excluding carboxylic acids is 1. The first kappa shape index (κ1) is 21.8. The van der Waals surface area contributed by atoms with Crippen LogP contribution in [0.5, 0.6) is 5.75 Å². The number of ether oxygens (including phenoxy) is 1. The van der Waals surface area contributed by atoms with Crippen LogP contribution in [-0.2, 0) is 14.8 Å². The fraction of sp³-hybridized carbons (Fsp3) is 0.611. The molecule has 29 heavy (non-hydrogen) atoms. The minimum Gasteiger partial charge on any atom is -0.406 e. The van der Waals surface area contributed by atoms with Gasteiger partial charge in [0.15, 0.2) is 0 Å². The number of amides is 1. The highest BCUT2D eigenvalue weighted by atomic mass is 32.2. The van der Waals surface area contributed by atoms with E-state index in [2.05, 4.69) is 4.74 Å². The number of carbonyl (C=O) groups is 1. The average molecular weight is 435 g/mol. The zero-order chi connectivity index (χ0) is 21.2. The second kappa shape index (κ2) is 8.49. The van der Waals surface area contributed by atoms with E-state index in [-0.39, 0.29) is 29.9 Å². The summed E-state index contributed by atoms with van der Waals surface area (Å²) in [5, 5.41) is 0. The largest absolute Gasteiger partial charge is 0.573 e. The number of nitrogens with zero attached hydrogens (tertiary/aromatic N) is 3. The minimum absolute atomic E-state index is 0.0686. The van der Waals surface area contributed by atoms with Crippen LogP contribution in [-0.4, -0.2) is 80.1 Å². The topological polar surface area (TPSA) is 70.2 Å². The Morgan fingerprint density at radius 2 is 1.55 bits per heavy atom. The highest BCUT2D eigenvalue weighted by molar-refractivity contribution is 7.89. The van der Waals surface area contributed by atoms with Crippen molar-refractivity contribution in [3.05, 3.63) is 24.3 Å². The van der Waals surface area contributed by atoms with E-state index < -0.39 is 22.1 Å². The smallest absolute Gasteiger partial charge is 0.406 e. The lowest BCUT2D eigenvalue weighted by Gasteiger charge is -2.37. The van der Waals surface area contributed by atoms with Crippen molar-refractivity contribution in [3.8, 4) is 5.75 Å².